The third kappa shape index (κ3) is 4.32. The van der Waals surface area contributed by atoms with Gasteiger partial charge in [0, 0.05) is 25.7 Å². The molecule has 2 saturated carbocycles. The van der Waals surface area contributed by atoms with E-state index in [4.69, 9.17) is 0 Å². The standard InChI is InChI=1S/C24H35N3O3.ClH/c28-17-20(29)16-26-21-6-1-2-7-22(21)27(23(26)30)19-8-13-25(14-9-19)15-18-5-3-4-10-24(18)11-12-24;/h1-2,6-7,18-20,28-29H,3-5,8-17H2;1H/t18-,20-;/m1./s1. The van der Waals surface area contributed by atoms with E-state index in [-0.39, 0.29) is 37.3 Å². The van der Waals surface area contributed by atoms with Crippen LogP contribution < -0.4 is 5.69 Å². The van der Waals surface area contributed by atoms with Crippen LogP contribution in [0.4, 0.5) is 0 Å². The second-order valence-electron chi connectivity index (χ2n) is 9.93. The first kappa shape index (κ1) is 22.8. The molecule has 0 unspecified atom stereocenters. The number of hydrogen-bond donors (Lipinski definition) is 2. The van der Waals surface area contributed by atoms with Crippen molar-refractivity contribution in [2.45, 2.75) is 70.1 Å². The summed E-state index contributed by atoms with van der Waals surface area (Å²) in [6, 6.07) is 8.04. The lowest BCUT2D eigenvalue weighted by molar-refractivity contribution is 0.0807. The Morgan fingerprint density at radius 2 is 1.74 bits per heavy atom. The molecule has 2 atom stereocenters. The van der Waals surface area contributed by atoms with Crippen LogP contribution >= 0.6 is 12.4 Å². The topological polar surface area (TPSA) is 70.6 Å². The van der Waals surface area contributed by atoms with E-state index in [0.717, 1.165) is 42.9 Å². The van der Waals surface area contributed by atoms with Crippen molar-refractivity contribution in [2.75, 3.05) is 26.2 Å². The number of imidazole rings is 1. The minimum Gasteiger partial charge on any atom is -0.394 e. The maximum Gasteiger partial charge on any atom is 0.329 e. The molecule has 1 aromatic carbocycles. The number of benzene rings is 1. The highest BCUT2D eigenvalue weighted by Crippen LogP contribution is 2.59. The molecule has 31 heavy (non-hydrogen) atoms. The van der Waals surface area contributed by atoms with E-state index in [9.17, 15) is 15.0 Å². The molecule has 0 amide bonds. The third-order valence-electron chi connectivity index (χ3n) is 8.11. The molecule has 2 aromatic rings. The van der Waals surface area contributed by atoms with Gasteiger partial charge in [-0.3, -0.25) is 9.13 Å². The fraction of sp³-hybridized carbons (Fsp3) is 0.708. The SMILES string of the molecule is Cl.O=c1n(C[C@@H](O)CO)c2ccccc2n1C1CCN(C[C@H]2CCCCC23CC3)CC1. The van der Waals surface area contributed by atoms with Gasteiger partial charge in [0.2, 0.25) is 0 Å². The van der Waals surface area contributed by atoms with Crippen LogP contribution in [0.15, 0.2) is 29.1 Å². The number of likely N-dealkylation sites (tertiary alicyclic amines) is 1. The molecule has 3 fully saturated rings. The second kappa shape index (κ2) is 9.26. The molecule has 0 radical (unpaired) electrons. The van der Waals surface area contributed by atoms with Crippen molar-refractivity contribution in [2.24, 2.45) is 11.3 Å². The van der Waals surface area contributed by atoms with Crippen LogP contribution in [0.25, 0.3) is 11.0 Å². The molecular formula is C24H36ClN3O3. The number of aliphatic hydroxyl groups is 2. The van der Waals surface area contributed by atoms with Gasteiger partial charge in [0.05, 0.1) is 30.3 Å². The van der Waals surface area contributed by atoms with E-state index in [1.165, 1.54) is 45.1 Å². The predicted molar refractivity (Wildman–Crippen MR) is 125 cm³/mol. The monoisotopic (exact) mass is 449 g/mol. The second-order valence-corrected chi connectivity index (χ2v) is 9.93. The largest absolute Gasteiger partial charge is 0.394 e. The predicted octanol–water partition coefficient (Wildman–Crippen LogP) is 3.19. The van der Waals surface area contributed by atoms with Crippen LogP contribution in [0.3, 0.4) is 0 Å². The summed E-state index contributed by atoms with van der Waals surface area (Å²) in [6.07, 6.45) is 9.64. The van der Waals surface area contributed by atoms with Crippen molar-refractivity contribution >= 4 is 23.4 Å². The van der Waals surface area contributed by atoms with Crippen molar-refractivity contribution in [1.29, 1.82) is 0 Å². The molecule has 2 aliphatic carbocycles. The van der Waals surface area contributed by atoms with Crippen LogP contribution in [0.5, 0.6) is 0 Å². The van der Waals surface area contributed by atoms with Gasteiger partial charge >= 0.3 is 5.69 Å². The number of para-hydroxylation sites is 2. The summed E-state index contributed by atoms with van der Waals surface area (Å²) in [5.41, 5.74) is 2.41. The van der Waals surface area contributed by atoms with Gasteiger partial charge in [0.1, 0.15) is 0 Å². The molecule has 1 aromatic heterocycles. The lowest BCUT2D eigenvalue weighted by Gasteiger charge is -2.39. The zero-order valence-electron chi connectivity index (χ0n) is 18.3. The maximum atomic E-state index is 13.3. The Bertz CT molecular complexity index is 943. The molecule has 1 saturated heterocycles. The number of hydrogen-bond acceptors (Lipinski definition) is 4. The van der Waals surface area contributed by atoms with Crippen LogP contribution in [-0.2, 0) is 6.54 Å². The number of fused-ring (bicyclic) bond motifs is 1. The molecule has 172 valence electrons. The normalized spacial score (nSPS) is 24.9. The average molecular weight is 450 g/mol. The Balaban J connectivity index is 0.00000231. The van der Waals surface area contributed by atoms with Crippen molar-refractivity contribution in [3.8, 4) is 0 Å². The van der Waals surface area contributed by atoms with Crippen molar-refractivity contribution in [3.63, 3.8) is 0 Å². The van der Waals surface area contributed by atoms with E-state index in [0.29, 0.717) is 5.41 Å². The zero-order valence-corrected chi connectivity index (χ0v) is 19.1. The van der Waals surface area contributed by atoms with Gasteiger partial charge in [0.15, 0.2) is 0 Å². The molecule has 5 rings (SSSR count). The molecule has 2 heterocycles. The lowest BCUT2D eigenvalue weighted by atomic mass is 9.76. The van der Waals surface area contributed by atoms with E-state index in [1.807, 2.05) is 28.8 Å². The molecule has 2 N–H and O–H groups in total. The summed E-state index contributed by atoms with van der Waals surface area (Å²) < 4.78 is 3.57. The summed E-state index contributed by atoms with van der Waals surface area (Å²) in [5.74, 6) is 0.882. The highest BCUT2D eigenvalue weighted by molar-refractivity contribution is 5.85. The van der Waals surface area contributed by atoms with Gasteiger partial charge in [-0.25, -0.2) is 4.79 Å². The van der Waals surface area contributed by atoms with Gasteiger partial charge in [-0.1, -0.05) is 25.0 Å². The van der Waals surface area contributed by atoms with Crippen molar-refractivity contribution in [3.05, 3.63) is 34.7 Å². The van der Waals surface area contributed by atoms with E-state index in [1.54, 1.807) is 4.57 Å². The van der Waals surface area contributed by atoms with E-state index < -0.39 is 6.10 Å². The molecule has 3 aliphatic rings. The highest BCUT2D eigenvalue weighted by Gasteiger charge is 2.50. The van der Waals surface area contributed by atoms with E-state index >= 15 is 0 Å². The van der Waals surface area contributed by atoms with Crippen LogP contribution in [-0.4, -0.2) is 56.6 Å². The number of aromatic nitrogens is 2. The smallest absolute Gasteiger partial charge is 0.329 e. The lowest BCUT2D eigenvalue weighted by Crippen LogP contribution is -2.42. The maximum absolute atomic E-state index is 13.3. The number of nitrogens with zero attached hydrogens (tertiary/aromatic N) is 3. The van der Waals surface area contributed by atoms with Crippen LogP contribution in [0.1, 0.15) is 57.4 Å². The van der Waals surface area contributed by atoms with Gasteiger partial charge in [-0.2, -0.15) is 0 Å². The van der Waals surface area contributed by atoms with Gasteiger partial charge in [-0.15, -0.1) is 12.4 Å². The average Bonchev–Trinajstić information content (AvgIpc) is 3.49. The van der Waals surface area contributed by atoms with E-state index in [2.05, 4.69) is 4.90 Å². The minimum atomic E-state index is -0.922. The first-order valence-electron chi connectivity index (χ1n) is 11.8. The van der Waals surface area contributed by atoms with Gasteiger partial charge < -0.3 is 15.1 Å². The first-order valence-corrected chi connectivity index (χ1v) is 11.8. The Labute approximate surface area is 190 Å². The zero-order chi connectivity index (χ0) is 20.7. The Kier molecular flexibility index (Phi) is 6.82. The number of rotatable bonds is 6. The van der Waals surface area contributed by atoms with Crippen molar-refractivity contribution < 1.29 is 10.2 Å². The van der Waals surface area contributed by atoms with Crippen LogP contribution in [0.2, 0.25) is 0 Å². The number of halogens is 1. The Hall–Kier alpha value is -1.34. The summed E-state index contributed by atoms with van der Waals surface area (Å²) >= 11 is 0. The molecule has 6 nitrogen and oxygen atoms in total. The Morgan fingerprint density at radius 1 is 1.03 bits per heavy atom. The summed E-state index contributed by atoms with van der Waals surface area (Å²) in [4.78, 5) is 15.9. The third-order valence-corrected chi connectivity index (χ3v) is 8.11. The summed E-state index contributed by atoms with van der Waals surface area (Å²) in [6.45, 7) is 3.15. The quantitative estimate of drug-likeness (QED) is 0.710. The molecule has 0 bridgehead atoms. The summed E-state index contributed by atoms with van der Waals surface area (Å²) in [7, 11) is 0. The molecule has 1 spiro atoms. The fourth-order valence-electron chi connectivity index (χ4n) is 6.18. The van der Waals surface area contributed by atoms with Gasteiger partial charge in [-0.05, 0) is 62.0 Å². The van der Waals surface area contributed by atoms with Crippen LogP contribution in [0, 0.1) is 11.3 Å². The first-order chi connectivity index (χ1) is 14.6. The molecular weight excluding hydrogens is 414 g/mol. The fourth-order valence-corrected chi connectivity index (χ4v) is 6.18. The molecule has 7 heteroatoms. The minimum absolute atomic E-state index is 0. The summed E-state index contributed by atoms with van der Waals surface area (Å²) in [5, 5.41) is 19.2. The van der Waals surface area contributed by atoms with Crippen molar-refractivity contribution in [1.82, 2.24) is 14.0 Å². The highest BCUT2D eigenvalue weighted by atomic mass is 35.5. The number of piperidine rings is 1. The molecule has 1 aliphatic heterocycles. The van der Waals surface area contributed by atoms with Gasteiger partial charge in [0.25, 0.3) is 0 Å². The number of aliphatic hydroxyl groups excluding tert-OH is 2. The Morgan fingerprint density at radius 3 is 2.42 bits per heavy atom.